The molecule has 1 aliphatic heterocycles. The van der Waals surface area contributed by atoms with Crippen molar-refractivity contribution in [1.82, 2.24) is 24.6 Å². The normalized spacial score (nSPS) is 14.5. The number of carbonyl (C=O) groups is 1. The van der Waals surface area contributed by atoms with E-state index in [1.807, 2.05) is 0 Å². The zero-order valence-corrected chi connectivity index (χ0v) is 17.0. The Labute approximate surface area is 184 Å². The number of aromatic nitrogens is 4. The lowest BCUT2D eigenvalue weighted by atomic mass is 10.00. The first-order valence-corrected chi connectivity index (χ1v) is 10.0. The molecule has 1 aliphatic rings. The highest BCUT2D eigenvalue weighted by molar-refractivity contribution is 5.79. The molecule has 0 radical (unpaired) electrons. The van der Waals surface area contributed by atoms with Gasteiger partial charge in [0.05, 0.1) is 28.7 Å². The number of likely N-dealkylation sites (tertiary alicyclic amines) is 1. The molecule has 4 aromatic rings. The Balaban J connectivity index is 1.24. The summed E-state index contributed by atoms with van der Waals surface area (Å²) in [5.41, 5.74) is -0.350. The number of carbonyl (C=O) groups excluding carboxylic acids is 1. The van der Waals surface area contributed by atoms with E-state index in [0.29, 0.717) is 24.0 Å². The fraction of sp³-hybridized carbons (Fsp3) is 0.227. The van der Waals surface area contributed by atoms with Gasteiger partial charge in [0, 0.05) is 18.7 Å². The molecule has 0 unspecified atom stereocenters. The molecular weight excluding hydrogens is 439 g/mol. The number of hydrogen-bond acceptors (Lipinski definition) is 6. The highest BCUT2D eigenvalue weighted by Gasteiger charge is 2.36. The van der Waals surface area contributed by atoms with E-state index in [0.717, 1.165) is 12.1 Å². The van der Waals surface area contributed by atoms with Crippen molar-refractivity contribution in [2.75, 3.05) is 13.1 Å². The Morgan fingerprint density at radius 2 is 1.91 bits per heavy atom. The van der Waals surface area contributed by atoms with E-state index in [9.17, 15) is 22.8 Å². The second-order valence-electron chi connectivity index (χ2n) is 7.73. The fourth-order valence-corrected chi connectivity index (χ4v) is 3.66. The smallest absolute Gasteiger partial charge is 0.339 e. The molecule has 1 fully saturated rings. The van der Waals surface area contributed by atoms with Crippen molar-refractivity contribution in [3.63, 3.8) is 0 Å². The predicted molar refractivity (Wildman–Crippen MR) is 110 cm³/mol. The molecule has 168 valence electrons. The van der Waals surface area contributed by atoms with Crippen LogP contribution in [-0.4, -0.2) is 43.6 Å². The van der Waals surface area contributed by atoms with E-state index >= 15 is 0 Å². The van der Waals surface area contributed by atoms with E-state index < -0.39 is 11.7 Å². The van der Waals surface area contributed by atoms with E-state index in [2.05, 4.69) is 15.1 Å². The third-order valence-electron chi connectivity index (χ3n) is 5.51. The van der Waals surface area contributed by atoms with Crippen molar-refractivity contribution < 1.29 is 22.5 Å². The molecule has 3 heterocycles. The summed E-state index contributed by atoms with van der Waals surface area (Å²) in [6.07, 6.45) is -3.13. The number of benzene rings is 2. The average Bonchev–Trinajstić information content (AvgIpc) is 3.24. The van der Waals surface area contributed by atoms with Crippen LogP contribution in [0.5, 0.6) is 0 Å². The lowest BCUT2D eigenvalue weighted by Gasteiger charge is -2.37. The lowest BCUT2D eigenvalue weighted by molar-refractivity contribution is -0.138. The van der Waals surface area contributed by atoms with Crippen LogP contribution in [0.15, 0.2) is 64.2 Å². The fourth-order valence-electron chi connectivity index (χ4n) is 3.66. The van der Waals surface area contributed by atoms with Crippen molar-refractivity contribution in [2.24, 2.45) is 0 Å². The number of rotatable bonds is 4. The van der Waals surface area contributed by atoms with Crippen LogP contribution in [-0.2, 0) is 17.5 Å². The van der Waals surface area contributed by atoms with Gasteiger partial charge in [-0.1, -0.05) is 29.4 Å². The van der Waals surface area contributed by atoms with Crippen molar-refractivity contribution >= 4 is 16.8 Å². The topological polar surface area (TPSA) is 94.1 Å². The van der Waals surface area contributed by atoms with Crippen molar-refractivity contribution in [1.29, 1.82) is 0 Å². The first-order valence-electron chi connectivity index (χ1n) is 10.0. The van der Waals surface area contributed by atoms with Crippen LogP contribution in [0.3, 0.4) is 0 Å². The summed E-state index contributed by atoms with van der Waals surface area (Å²) in [6, 6.07) is 11.6. The van der Waals surface area contributed by atoms with Gasteiger partial charge in [-0.2, -0.15) is 18.2 Å². The molecule has 2 aromatic carbocycles. The molecule has 0 N–H and O–H groups in total. The summed E-state index contributed by atoms with van der Waals surface area (Å²) in [5.74, 6) is -0.193. The first kappa shape index (κ1) is 20.9. The summed E-state index contributed by atoms with van der Waals surface area (Å²) >= 11 is 0. The molecule has 1 amide bonds. The molecule has 0 aliphatic carbocycles. The highest BCUT2D eigenvalue weighted by atomic mass is 19.4. The monoisotopic (exact) mass is 455 g/mol. The molecule has 5 rings (SSSR count). The maximum Gasteiger partial charge on any atom is 0.416 e. The predicted octanol–water partition coefficient (Wildman–Crippen LogP) is 3.09. The van der Waals surface area contributed by atoms with Crippen LogP contribution in [0.1, 0.15) is 17.4 Å². The van der Waals surface area contributed by atoms with E-state index in [1.54, 1.807) is 29.2 Å². The molecule has 1 saturated heterocycles. The van der Waals surface area contributed by atoms with Gasteiger partial charge in [-0.05, 0) is 24.3 Å². The van der Waals surface area contributed by atoms with E-state index in [1.165, 1.54) is 23.0 Å². The Hall–Kier alpha value is -4.02. The number of halogens is 3. The van der Waals surface area contributed by atoms with Crippen molar-refractivity contribution in [2.45, 2.75) is 18.6 Å². The average molecular weight is 455 g/mol. The summed E-state index contributed by atoms with van der Waals surface area (Å²) in [4.78, 5) is 35.1. The SMILES string of the molecule is O=C(Cn1cnc2ccccc2c1=O)N1CC(c2nc(-c3cccc(C(F)(F)F)c3)no2)C1. The largest absolute Gasteiger partial charge is 0.416 e. The molecule has 33 heavy (non-hydrogen) atoms. The van der Waals surface area contributed by atoms with Gasteiger partial charge in [-0.15, -0.1) is 0 Å². The number of fused-ring (bicyclic) bond motifs is 1. The third kappa shape index (κ3) is 3.97. The number of hydrogen-bond donors (Lipinski definition) is 0. The van der Waals surface area contributed by atoms with Gasteiger partial charge < -0.3 is 9.42 Å². The number of para-hydroxylation sites is 1. The summed E-state index contributed by atoms with van der Waals surface area (Å²) in [5, 5.41) is 4.21. The summed E-state index contributed by atoms with van der Waals surface area (Å²) < 4.78 is 45.3. The van der Waals surface area contributed by atoms with Crippen LogP contribution < -0.4 is 5.56 Å². The maximum atomic E-state index is 12.9. The zero-order valence-electron chi connectivity index (χ0n) is 17.0. The van der Waals surface area contributed by atoms with Crippen molar-refractivity contribution in [3.05, 3.63) is 76.7 Å². The Kier molecular flexibility index (Phi) is 4.95. The first-order chi connectivity index (χ1) is 15.8. The number of amides is 1. The van der Waals surface area contributed by atoms with Crippen LogP contribution in [0.2, 0.25) is 0 Å². The number of nitrogens with zero attached hydrogens (tertiary/aromatic N) is 5. The van der Waals surface area contributed by atoms with Crippen LogP contribution >= 0.6 is 0 Å². The van der Waals surface area contributed by atoms with Gasteiger partial charge in [-0.3, -0.25) is 14.2 Å². The Morgan fingerprint density at radius 3 is 2.70 bits per heavy atom. The quantitative estimate of drug-likeness (QED) is 0.470. The second-order valence-corrected chi connectivity index (χ2v) is 7.73. The lowest BCUT2D eigenvalue weighted by Crippen LogP contribution is -2.50. The van der Waals surface area contributed by atoms with Gasteiger partial charge in [-0.25, -0.2) is 4.98 Å². The molecule has 0 spiro atoms. The molecule has 8 nitrogen and oxygen atoms in total. The minimum Gasteiger partial charge on any atom is -0.339 e. The minimum atomic E-state index is -4.47. The third-order valence-corrected chi connectivity index (χ3v) is 5.51. The molecule has 2 aromatic heterocycles. The van der Waals surface area contributed by atoms with Gasteiger partial charge in [0.25, 0.3) is 5.56 Å². The number of alkyl halides is 3. The molecule has 0 atom stereocenters. The van der Waals surface area contributed by atoms with Crippen LogP contribution in [0.25, 0.3) is 22.3 Å². The highest BCUT2D eigenvalue weighted by Crippen LogP contribution is 2.32. The Bertz CT molecular complexity index is 1410. The van der Waals surface area contributed by atoms with E-state index in [-0.39, 0.29) is 41.2 Å². The minimum absolute atomic E-state index is 0.0506. The van der Waals surface area contributed by atoms with Crippen molar-refractivity contribution in [3.8, 4) is 11.4 Å². The van der Waals surface area contributed by atoms with Crippen LogP contribution in [0.4, 0.5) is 13.2 Å². The molecule has 0 bridgehead atoms. The molecule has 11 heteroatoms. The van der Waals surface area contributed by atoms with Gasteiger partial charge in [0.1, 0.15) is 6.54 Å². The van der Waals surface area contributed by atoms with Gasteiger partial charge >= 0.3 is 6.18 Å². The van der Waals surface area contributed by atoms with Gasteiger partial charge in [0.2, 0.25) is 17.6 Å². The zero-order chi connectivity index (χ0) is 23.2. The van der Waals surface area contributed by atoms with E-state index in [4.69, 9.17) is 4.52 Å². The summed E-state index contributed by atoms with van der Waals surface area (Å²) in [7, 11) is 0. The standard InChI is InChI=1S/C22H16F3N5O3/c23-22(24,25)15-5-3-4-13(8-15)19-27-20(33-28-19)14-9-29(10-14)18(31)11-30-12-26-17-7-2-1-6-16(17)21(30)32/h1-8,12,14H,9-11H2. The van der Waals surface area contributed by atoms with Gasteiger partial charge in [0.15, 0.2) is 0 Å². The summed E-state index contributed by atoms with van der Waals surface area (Å²) in [6.45, 7) is 0.459. The second kappa shape index (κ2) is 7.84. The van der Waals surface area contributed by atoms with Crippen LogP contribution in [0, 0.1) is 0 Å². The molecule has 0 saturated carbocycles. The Morgan fingerprint density at radius 1 is 1.12 bits per heavy atom. The maximum absolute atomic E-state index is 12.9. The molecular formula is C22H16F3N5O3.